The van der Waals surface area contributed by atoms with Gasteiger partial charge < -0.3 is 9.47 Å². The fraction of sp³-hybridized carbons (Fsp3) is 0.318. The average molecular weight is 413 g/mol. The second-order valence-electron chi connectivity index (χ2n) is 7.37. The Morgan fingerprint density at radius 2 is 1.79 bits per heavy atom. The van der Waals surface area contributed by atoms with Crippen molar-refractivity contribution in [2.75, 3.05) is 13.1 Å². The SMILES string of the molecule is CC(C)Oc1ccc(S(=O)(=O)N2CCC(Oc3ccc4ccccc4n3)C2)cc1. The minimum Gasteiger partial charge on any atom is -0.491 e. The summed E-state index contributed by atoms with van der Waals surface area (Å²) in [5.41, 5.74) is 0.858. The van der Waals surface area contributed by atoms with E-state index in [1.54, 1.807) is 24.3 Å². The van der Waals surface area contributed by atoms with Gasteiger partial charge in [-0.15, -0.1) is 0 Å². The van der Waals surface area contributed by atoms with Gasteiger partial charge in [-0.05, 0) is 56.7 Å². The minimum absolute atomic E-state index is 0.0395. The smallest absolute Gasteiger partial charge is 0.243 e. The number of ether oxygens (including phenoxy) is 2. The summed E-state index contributed by atoms with van der Waals surface area (Å²) in [6, 6.07) is 18.2. The number of aromatic nitrogens is 1. The Morgan fingerprint density at radius 1 is 1.03 bits per heavy atom. The van der Waals surface area contributed by atoms with Crippen molar-refractivity contribution in [2.45, 2.75) is 37.4 Å². The fourth-order valence-electron chi connectivity index (χ4n) is 3.41. The predicted octanol–water partition coefficient (Wildman–Crippen LogP) is 3.86. The maximum Gasteiger partial charge on any atom is 0.243 e. The van der Waals surface area contributed by atoms with Gasteiger partial charge in [0.2, 0.25) is 15.9 Å². The van der Waals surface area contributed by atoms with E-state index in [0.717, 1.165) is 10.9 Å². The molecule has 1 aromatic heterocycles. The van der Waals surface area contributed by atoms with E-state index in [9.17, 15) is 8.42 Å². The van der Waals surface area contributed by atoms with Crippen LogP contribution in [0.3, 0.4) is 0 Å². The molecular formula is C22H24N2O4S. The molecule has 0 saturated carbocycles. The quantitative estimate of drug-likeness (QED) is 0.615. The summed E-state index contributed by atoms with van der Waals surface area (Å²) >= 11 is 0. The molecule has 7 heteroatoms. The highest BCUT2D eigenvalue weighted by atomic mass is 32.2. The summed E-state index contributed by atoms with van der Waals surface area (Å²) in [5.74, 6) is 1.17. The first-order chi connectivity index (χ1) is 13.9. The van der Waals surface area contributed by atoms with Gasteiger partial charge >= 0.3 is 0 Å². The van der Waals surface area contributed by atoms with Crippen LogP contribution >= 0.6 is 0 Å². The molecule has 1 aliphatic rings. The van der Waals surface area contributed by atoms with E-state index in [0.29, 0.717) is 31.1 Å². The number of sulfonamides is 1. The molecule has 1 aliphatic heterocycles. The highest BCUT2D eigenvalue weighted by Gasteiger charge is 2.33. The van der Waals surface area contributed by atoms with E-state index in [4.69, 9.17) is 9.47 Å². The highest BCUT2D eigenvalue weighted by Crippen LogP contribution is 2.26. The normalized spacial score (nSPS) is 17.7. The third kappa shape index (κ3) is 4.36. The third-order valence-corrected chi connectivity index (χ3v) is 6.68. The molecule has 2 aromatic carbocycles. The van der Waals surface area contributed by atoms with Crippen LogP contribution in [0.5, 0.6) is 11.6 Å². The summed E-state index contributed by atoms with van der Waals surface area (Å²) < 4.78 is 38.9. The summed E-state index contributed by atoms with van der Waals surface area (Å²) in [5, 5.41) is 1.04. The van der Waals surface area contributed by atoms with Crippen LogP contribution in [-0.2, 0) is 10.0 Å². The van der Waals surface area contributed by atoms with E-state index in [2.05, 4.69) is 4.98 Å². The second-order valence-corrected chi connectivity index (χ2v) is 9.31. The molecule has 1 atom stereocenters. The Hall–Kier alpha value is -2.64. The Labute approximate surface area is 171 Å². The zero-order valence-electron chi connectivity index (χ0n) is 16.5. The number of fused-ring (bicyclic) bond motifs is 1. The Kier molecular flexibility index (Phi) is 5.43. The predicted molar refractivity (Wildman–Crippen MR) is 112 cm³/mol. The van der Waals surface area contributed by atoms with E-state index < -0.39 is 10.0 Å². The van der Waals surface area contributed by atoms with Gasteiger partial charge in [0.15, 0.2) is 0 Å². The van der Waals surface area contributed by atoms with Crippen molar-refractivity contribution in [3.05, 3.63) is 60.7 Å². The Balaban J connectivity index is 1.44. The van der Waals surface area contributed by atoms with Gasteiger partial charge in [0.25, 0.3) is 0 Å². The molecule has 0 aliphatic carbocycles. The van der Waals surface area contributed by atoms with Crippen LogP contribution in [0, 0.1) is 0 Å². The highest BCUT2D eigenvalue weighted by molar-refractivity contribution is 7.89. The van der Waals surface area contributed by atoms with Crippen LogP contribution in [0.15, 0.2) is 65.6 Å². The van der Waals surface area contributed by atoms with Crippen LogP contribution in [0.2, 0.25) is 0 Å². The first kappa shape index (κ1) is 19.7. The van der Waals surface area contributed by atoms with Crippen molar-refractivity contribution < 1.29 is 17.9 Å². The molecule has 0 amide bonds. The van der Waals surface area contributed by atoms with Crippen LogP contribution in [-0.4, -0.2) is 43.0 Å². The van der Waals surface area contributed by atoms with Gasteiger partial charge in [0.1, 0.15) is 11.9 Å². The van der Waals surface area contributed by atoms with Crippen molar-refractivity contribution in [1.82, 2.24) is 9.29 Å². The monoisotopic (exact) mass is 412 g/mol. The standard InChI is InChI=1S/C22H24N2O4S/c1-16(2)27-18-8-10-20(11-9-18)29(25,26)24-14-13-19(15-24)28-22-12-7-17-5-3-4-6-21(17)23-22/h3-12,16,19H,13-15H2,1-2H3. The molecule has 3 aromatic rings. The van der Waals surface area contributed by atoms with Crippen LogP contribution in [0.25, 0.3) is 10.9 Å². The molecule has 1 unspecified atom stereocenters. The summed E-state index contributed by atoms with van der Waals surface area (Å²) in [4.78, 5) is 4.78. The molecule has 0 N–H and O–H groups in total. The topological polar surface area (TPSA) is 68.7 Å². The summed E-state index contributed by atoms with van der Waals surface area (Å²) in [6.07, 6.45) is 0.446. The third-order valence-electron chi connectivity index (χ3n) is 4.80. The lowest BCUT2D eigenvalue weighted by molar-refractivity contribution is 0.207. The number of hydrogen-bond donors (Lipinski definition) is 0. The van der Waals surface area contributed by atoms with Crippen molar-refractivity contribution in [3.63, 3.8) is 0 Å². The second kappa shape index (κ2) is 8.00. The molecule has 1 saturated heterocycles. The molecule has 0 radical (unpaired) electrons. The maximum absolute atomic E-state index is 13.0. The fourth-order valence-corrected chi connectivity index (χ4v) is 4.89. The molecule has 2 heterocycles. The van der Waals surface area contributed by atoms with Gasteiger partial charge in [0.05, 0.1) is 23.1 Å². The number of para-hydroxylation sites is 1. The largest absolute Gasteiger partial charge is 0.491 e. The summed E-state index contributed by atoms with van der Waals surface area (Å²) in [7, 11) is -3.57. The molecule has 1 fully saturated rings. The van der Waals surface area contributed by atoms with Gasteiger partial charge in [-0.3, -0.25) is 0 Å². The zero-order chi connectivity index (χ0) is 20.4. The van der Waals surface area contributed by atoms with Crippen LogP contribution in [0.1, 0.15) is 20.3 Å². The molecular weight excluding hydrogens is 388 g/mol. The van der Waals surface area contributed by atoms with Gasteiger partial charge in [-0.1, -0.05) is 18.2 Å². The van der Waals surface area contributed by atoms with Gasteiger partial charge in [0, 0.05) is 18.0 Å². The first-order valence-electron chi connectivity index (χ1n) is 9.71. The number of benzene rings is 2. The van der Waals surface area contributed by atoms with Crippen molar-refractivity contribution >= 4 is 20.9 Å². The van der Waals surface area contributed by atoms with Gasteiger partial charge in [-0.2, -0.15) is 4.31 Å². The van der Waals surface area contributed by atoms with Crippen molar-refractivity contribution in [3.8, 4) is 11.6 Å². The van der Waals surface area contributed by atoms with Crippen LogP contribution < -0.4 is 9.47 Å². The number of rotatable bonds is 6. The average Bonchev–Trinajstić information content (AvgIpc) is 3.17. The van der Waals surface area contributed by atoms with E-state index in [-0.39, 0.29) is 17.1 Å². The number of pyridine rings is 1. The number of hydrogen-bond acceptors (Lipinski definition) is 5. The number of nitrogens with zero attached hydrogens (tertiary/aromatic N) is 2. The zero-order valence-corrected chi connectivity index (χ0v) is 17.3. The lowest BCUT2D eigenvalue weighted by Gasteiger charge is -2.17. The van der Waals surface area contributed by atoms with E-state index >= 15 is 0 Å². The maximum atomic E-state index is 13.0. The molecule has 4 rings (SSSR count). The van der Waals surface area contributed by atoms with E-state index in [1.165, 1.54) is 4.31 Å². The molecule has 0 bridgehead atoms. The van der Waals surface area contributed by atoms with Crippen molar-refractivity contribution in [2.24, 2.45) is 0 Å². The Bertz CT molecular complexity index is 1100. The lowest BCUT2D eigenvalue weighted by atomic mass is 10.2. The molecule has 29 heavy (non-hydrogen) atoms. The molecule has 152 valence electrons. The first-order valence-corrected chi connectivity index (χ1v) is 11.2. The molecule has 0 spiro atoms. The molecule has 6 nitrogen and oxygen atoms in total. The van der Waals surface area contributed by atoms with E-state index in [1.807, 2.05) is 50.2 Å². The minimum atomic E-state index is -3.57. The Morgan fingerprint density at radius 3 is 2.55 bits per heavy atom. The van der Waals surface area contributed by atoms with Crippen LogP contribution in [0.4, 0.5) is 0 Å². The lowest BCUT2D eigenvalue weighted by Crippen LogP contribution is -2.31. The summed E-state index contributed by atoms with van der Waals surface area (Å²) in [6.45, 7) is 4.59. The van der Waals surface area contributed by atoms with Gasteiger partial charge in [-0.25, -0.2) is 13.4 Å². The van der Waals surface area contributed by atoms with Crippen molar-refractivity contribution in [1.29, 1.82) is 0 Å².